The third kappa shape index (κ3) is 3.90. The van der Waals surface area contributed by atoms with Crippen LogP contribution in [0.2, 0.25) is 0 Å². The van der Waals surface area contributed by atoms with Gasteiger partial charge in [-0.1, -0.05) is 17.7 Å². The standard InChI is InChI=1S/C19H22N2O5S/c1-4-25-19(22)18-13(3)17-15(6-5-7-16(17)26-18)20-21-27(23,24)14-10-8-12(2)9-11-14/h8-11,21H,4-7H2,1-3H3/b20-15+. The second kappa shape index (κ2) is 7.56. The Morgan fingerprint density at radius 1 is 1.22 bits per heavy atom. The van der Waals surface area contributed by atoms with Crippen LogP contribution in [0.1, 0.15) is 52.8 Å². The average Bonchev–Trinajstić information content (AvgIpc) is 2.98. The van der Waals surface area contributed by atoms with E-state index in [1.807, 2.05) is 6.92 Å². The molecule has 3 rings (SSSR count). The fourth-order valence-corrected chi connectivity index (χ4v) is 3.89. The zero-order chi connectivity index (χ0) is 19.6. The molecule has 8 heteroatoms. The van der Waals surface area contributed by atoms with Crippen LogP contribution in [0.5, 0.6) is 0 Å². The Morgan fingerprint density at radius 2 is 1.93 bits per heavy atom. The van der Waals surface area contributed by atoms with E-state index in [4.69, 9.17) is 9.15 Å². The molecule has 1 aliphatic rings. The van der Waals surface area contributed by atoms with Crippen molar-refractivity contribution >= 4 is 21.7 Å². The van der Waals surface area contributed by atoms with E-state index in [1.54, 1.807) is 26.0 Å². The van der Waals surface area contributed by atoms with Crippen molar-refractivity contribution in [2.45, 2.75) is 44.9 Å². The Kier molecular flexibility index (Phi) is 5.36. The third-order valence-corrected chi connectivity index (χ3v) is 5.64. The topological polar surface area (TPSA) is 98.0 Å². The van der Waals surface area contributed by atoms with E-state index < -0.39 is 16.0 Å². The summed E-state index contributed by atoms with van der Waals surface area (Å²) in [6, 6.07) is 6.52. The van der Waals surface area contributed by atoms with Gasteiger partial charge < -0.3 is 9.15 Å². The Labute approximate surface area is 158 Å². The first kappa shape index (κ1) is 19.2. The normalized spacial score (nSPS) is 15.4. The molecule has 1 aromatic heterocycles. The number of furan rings is 1. The lowest BCUT2D eigenvalue weighted by atomic mass is 9.93. The van der Waals surface area contributed by atoms with Gasteiger partial charge in [0.05, 0.1) is 17.2 Å². The van der Waals surface area contributed by atoms with Crippen LogP contribution in [0.25, 0.3) is 0 Å². The number of hydrogen-bond donors (Lipinski definition) is 1. The van der Waals surface area contributed by atoms with Gasteiger partial charge in [-0.2, -0.15) is 18.4 Å². The first-order chi connectivity index (χ1) is 12.8. The van der Waals surface area contributed by atoms with E-state index in [-0.39, 0.29) is 17.3 Å². The number of hydrogen-bond acceptors (Lipinski definition) is 6. The van der Waals surface area contributed by atoms with E-state index in [1.165, 1.54) is 12.1 Å². The summed E-state index contributed by atoms with van der Waals surface area (Å²) in [7, 11) is -3.77. The zero-order valence-electron chi connectivity index (χ0n) is 15.5. The predicted octanol–water partition coefficient (Wildman–Crippen LogP) is 3.09. The molecule has 27 heavy (non-hydrogen) atoms. The summed E-state index contributed by atoms with van der Waals surface area (Å²) in [5.41, 5.74) is 2.84. The second-order valence-corrected chi connectivity index (χ2v) is 8.06. The van der Waals surface area contributed by atoms with Gasteiger partial charge in [-0.25, -0.2) is 4.79 Å². The van der Waals surface area contributed by atoms with Gasteiger partial charge in [0.15, 0.2) is 0 Å². The van der Waals surface area contributed by atoms with Gasteiger partial charge >= 0.3 is 5.97 Å². The quantitative estimate of drug-likeness (QED) is 0.625. The third-order valence-electron chi connectivity index (χ3n) is 4.42. The molecule has 0 radical (unpaired) electrons. The van der Waals surface area contributed by atoms with Gasteiger partial charge in [0.25, 0.3) is 10.0 Å². The van der Waals surface area contributed by atoms with Crippen molar-refractivity contribution in [1.82, 2.24) is 4.83 Å². The number of carbonyl (C=O) groups is 1. The highest BCUT2D eigenvalue weighted by Crippen LogP contribution is 2.30. The number of sulfonamides is 1. The van der Waals surface area contributed by atoms with E-state index in [9.17, 15) is 13.2 Å². The molecule has 0 saturated heterocycles. The van der Waals surface area contributed by atoms with Crippen molar-refractivity contribution in [2.24, 2.45) is 5.10 Å². The first-order valence-corrected chi connectivity index (χ1v) is 10.3. The molecule has 0 unspecified atom stereocenters. The van der Waals surface area contributed by atoms with Crippen LogP contribution >= 0.6 is 0 Å². The first-order valence-electron chi connectivity index (χ1n) is 8.78. The van der Waals surface area contributed by atoms with Crippen LogP contribution < -0.4 is 4.83 Å². The molecule has 0 aliphatic heterocycles. The number of fused-ring (bicyclic) bond motifs is 1. The number of benzene rings is 1. The molecular weight excluding hydrogens is 368 g/mol. The number of rotatable bonds is 5. The van der Waals surface area contributed by atoms with Crippen molar-refractivity contribution in [1.29, 1.82) is 0 Å². The summed E-state index contributed by atoms with van der Waals surface area (Å²) >= 11 is 0. The highest BCUT2D eigenvalue weighted by Gasteiger charge is 2.29. The minimum absolute atomic E-state index is 0.143. The number of hydrazone groups is 1. The summed E-state index contributed by atoms with van der Waals surface area (Å²) in [6.07, 6.45) is 2.01. The molecule has 0 bridgehead atoms. The summed E-state index contributed by atoms with van der Waals surface area (Å²) in [6.45, 7) is 5.62. The molecular formula is C19H22N2O5S. The van der Waals surface area contributed by atoms with Crippen LogP contribution in [-0.4, -0.2) is 26.7 Å². The summed E-state index contributed by atoms with van der Waals surface area (Å²) in [5, 5.41) is 4.14. The van der Waals surface area contributed by atoms with E-state index >= 15 is 0 Å². The van der Waals surface area contributed by atoms with Gasteiger partial charge in [0, 0.05) is 17.5 Å². The molecule has 1 N–H and O–H groups in total. The van der Waals surface area contributed by atoms with Crippen molar-refractivity contribution in [2.75, 3.05) is 6.61 Å². The van der Waals surface area contributed by atoms with Gasteiger partial charge in [-0.3, -0.25) is 0 Å². The molecule has 0 atom stereocenters. The molecule has 1 aliphatic carbocycles. The Morgan fingerprint density at radius 3 is 2.59 bits per heavy atom. The maximum Gasteiger partial charge on any atom is 0.374 e. The lowest BCUT2D eigenvalue weighted by molar-refractivity contribution is 0.0487. The predicted molar refractivity (Wildman–Crippen MR) is 100 cm³/mol. The van der Waals surface area contributed by atoms with Crippen LogP contribution in [0.3, 0.4) is 0 Å². The summed E-state index contributed by atoms with van der Waals surface area (Å²) in [4.78, 5) is 14.5. The maximum atomic E-state index is 12.5. The fourth-order valence-electron chi connectivity index (χ4n) is 3.06. The summed E-state index contributed by atoms with van der Waals surface area (Å²) in [5.74, 6) is 0.261. The number of esters is 1. The molecule has 2 aromatic rings. The number of aryl methyl sites for hydroxylation is 2. The molecule has 1 aromatic carbocycles. The fraction of sp³-hybridized carbons (Fsp3) is 0.368. The van der Waals surface area contributed by atoms with Gasteiger partial charge in [-0.15, -0.1) is 0 Å². The van der Waals surface area contributed by atoms with Gasteiger partial charge in [0.1, 0.15) is 5.76 Å². The van der Waals surface area contributed by atoms with Crippen molar-refractivity contribution in [3.8, 4) is 0 Å². The highest BCUT2D eigenvalue weighted by molar-refractivity contribution is 7.89. The van der Waals surface area contributed by atoms with Crippen molar-refractivity contribution in [3.63, 3.8) is 0 Å². The molecule has 0 amide bonds. The Bertz CT molecular complexity index is 988. The zero-order valence-corrected chi connectivity index (χ0v) is 16.4. The molecule has 0 saturated carbocycles. The number of nitrogens with one attached hydrogen (secondary N) is 1. The van der Waals surface area contributed by atoms with Crippen molar-refractivity contribution < 1.29 is 22.4 Å². The monoisotopic (exact) mass is 390 g/mol. The summed E-state index contributed by atoms with van der Waals surface area (Å²) < 4.78 is 35.6. The van der Waals surface area contributed by atoms with E-state index in [2.05, 4.69) is 9.93 Å². The largest absolute Gasteiger partial charge is 0.460 e. The number of nitrogens with zero attached hydrogens (tertiary/aromatic N) is 1. The minimum Gasteiger partial charge on any atom is -0.460 e. The Balaban J connectivity index is 1.91. The number of carbonyl (C=O) groups excluding carboxylic acids is 1. The smallest absolute Gasteiger partial charge is 0.374 e. The van der Waals surface area contributed by atoms with Gasteiger partial charge in [-0.05, 0) is 45.7 Å². The van der Waals surface area contributed by atoms with Crippen molar-refractivity contribution in [3.05, 3.63) is 52.5 Å². The van der Waals surface area contributed by atoms with Crippen LogP contribution in [0.15, 0.2) is 38.7 Å². The lowest BCUT2D eigenvalue weighted by Crippen LogP contribution is -2.22. The van der Waals surface area contributed by atoms with E-state index in [0.717, 1.165) is 12.0 Å². The van der Waals surface area contributed by atoms with Crippen LogP contribution in [0, 0.1) is 13.8 Å². The molecule has 7 nitrogen and oxygen atoms in total. The van der Waals surface area contributed by atoms with Crippen LogP contribution in [-0.2, 0) is 21.2 Å². The molecule has 1 heterocycles. The second-order valence-electron chi connectivity index (χ2n) is 6.39. The minimum atomic E-state index is -3.77. The van der Waals surface area contributed by atoms with Crippen LogP contribution in [0.4, 0.5) is 0 Å². The lowest BCUT2D eigenvalue weighted by Gasteiger charge is -2.14. The highest BCUT2D eigenvalue weighted by atomic mass is 32.2. The Hall–Kier alpha value is -2.61. The van der Waals surface area contributed by atoms with E-state index in [0.29, 0.717) is 35.4 Å². The SMILES string of the molecule is CCOC(=O)c1oc2c(c1C)/C(=N/NS(=O)(=O)c1ccc(C)cc1)CCC2. The van der Waals surface area contributed by atoms with Gasteiger partial charge in [0.2, 0.25) is 5.76 Å². The molecule has 0 spiro atoms. The molecule has 0 fully saturated rings. The average molecular weight is 390 g/mol. The number of ether oxygens (including phenoxy) is 1. The molecule has 144 valence electrons. The maximum absolute atomic E-state index is 12.5.